The van der Waals surface area contributed by atoms with E-state index in [9.17, 15) is 9.60 Å². The maximum atomic E-state index is 10.0. The molecular weight excluding hydrogens is 1170 g/mol. The van der Waals surface area contributed by atoms with Crippen molar-refractivity contribution in [3.8, 4) is 89.8 Å². The fourth-order valence-electron chi connectivity index (χ4n) is 12.2. The second-order valence-corrected chi connectivity index (χ2v) is 21.9. The number of anilines is 4. The number of fused-ring (bicyclic) bond motifs is 10. The van der Waals surface area contributed by atoms with Crippen LogP contribution in [0.3, 0.4) is 0 Å². The van der Waals surface area contributed by atoms with Gasteiger partial charge in [0, 0.05) is 15.4 Å². The summed E-state index contributed by atoms with van der Waals surface area (Å²) in [5.74, 6) is -0.0766. The van der Waals surface area contributed by atoms with Crippen molar-refractivity contribution >= 4 is 46.4 Å². The van der Waals surface area contributed by atoms with Crippen LogP contribution in [0.5, 0.6) is 11.6 Å². The third kappa shape index (κ3) is 7.96. The number of para-hydroxylation sites is 5. The standard InChI is InChI=1S/C73H56BN5O.Pt/c1-46(2)39-50-42-59(53-33-31-47(3)32-34-53)71(60(43-50)54-37-35-52(36-38-54)51-19-8-6-9-20-51)77-45-76(64-27-14-15-28-65(64)77)56-23-18-24-57(44-56)80-73-68(55-21-10-7-11-22-55)49(5)69-62-41-48(4)40-61-58-25-12-13-26-63(58)78-66-29-16-17-30-67(66)79(72(69)75-73)74(78)70(61)62;/h6-38,40-44,46H,39H2,1-5H3;/i3D3,4D3,5D3,39D2,40D,41D;. The van der Waals surface area contributed by atoms with Gasteiger partial charge in [0.05, 0.1) is 2.74 Å². The van der Waals surface area contributed by atoms with Crippen molar-refractivity contribution in [2.75, 3.05) is 9.62 Å². The molecule has 0 atom stereocenters. The molecule has 0 spiro atoms. The molecule has 2 aromatic heterocycles. The number of pyridine rings is 1. The van der Waals surface area contributed by atoms with Crippen LogP contribution in [-0.4, -0.2) is 21.1 Å². The molecule has 0 bridgehead atoms. The summed E-state index contributed by atoms with van der Waals surface area (Å²) in [5, 5.41) is 0. The number of aromatic nitrogens is 3. The first kappa shape index (κ1) is 37.0. The van der Waals surface area contributed by atoms with Gasteiger partial charge in [-0.05, 0) is 30.1 Å². The molecule has 0 aliphatic carbocycles. The molecule has 392 valence electrons. The Labute approximate surface area is 502 Å². The minimum absolute atomic E-state index is 0.0458. The topological polar surface area (TPSA) is 38.5 Å². The summed E-state index contributed by atoms with van der Waals surface area (Å²) in [7, 11) is 0. The van der Waals surface area contributed by atoms with Crippen LogP contribution in [-0.2, 0) is 25.7 Å². The fraction of sp³-hybridized carbons (Fsp3) is 0.0959. The van der Waals surface area contributed by atoms with Crippen LogP contribution in [0.2, 0.25) is 0 Å². The SMILES string of the molecule is [2H]c1c2c3c(c([2H])c1C([2H])([2H])[2H])-c1c(nc(Oc4cccc(-n5[c](=[Pt])n(-c6c(-c7ccc(-c8ccccc8)cc7)cc(C([2H])([2H])C(C)C)cc6-c6ccc(C([2H])([2H])[2H])cc6)c6ccccc65)c4)c(-c4ccccc4)c1C([2H])([2H])[2H])N1B3N(c3ccccc3-2)c2ccccc21. The van der Waals surface area contributed by atoms with Crippen molar-refractivity contribution in [3.63, 3.8) is 0 Å². The first-order valence-corrected chi connectivity index (χ1v) is 28.1. The minimum atomic E-state index is -2.96. The van der Waals surface area contributed by atoms with E-state index in [4.69, 9.17) is 17.9 Å². The maximum absolute atomic E-state index is 10.0. The molecule has 6 nitrogen and oxygen atoms in total. The third-order valence-electron chi connectivity index (χ3n) is 15.6. The monoisotopic (exact) mass is 1240 g/mol. The van der Waals surface area contributed by atoms with Crippen LogP contribution in [0, 0.1) is 30.3 Å². The zero-order valence-electron chi connectivity index (χ0n) is 56.9. The van der Waals surface area contributed by atoms with Crippen molar-refractivity contribution in [2.45, 2.75) is 40.8 Å². The second-order valence-electron chi connectivity index (χ2n) is 20.9. The molecule has 15 rings (SSSR count). The van der Waals surface area contributed by atoms with Crippen molar-refractivity contribution in [3.05, 3.63) is 257 Å². The molecule has 3 aliphatic heterocycles. The summed E-state index contributed by atoms with van der Waals surface area (Å²) >= 11 is 2.32. The van der Waals surface area contributed by atoms with Crippen LogP contribution in [0.25, 0.3) is 89.2 Å². The van der Waals surface area contributed by atoms with Gasteiger partial charge in [-0.25, -0.2) is 0 Å². The van der Waals surface area contributed by atoms with Crippen molar-refractivity contribution in [2.24, 2.45) is 5.92 Å². The van der Waals surface area contributed by atoms with E-state index < -0.39 is 51.4 Å². The van der Waals surface area contributed by atoms with E-state index in [1.165, 1.54) is 0 Å². The molecule has 81 heavy (non-hydrogen) atoms. The van der Waals surface area contributed by atoms with Gasteiger partial charge in [-0.2, -0.15) is 0 Å². The molecule has 0 fully saturated rings. The van der Waals surface area contributed by atoms with E-state index in [0.717, 1.165) is 39.0 Å². The van der Waals surface area contributed by atoms with Crippen LogP contribution >= 0.6 is 0 Å². The molecule has 0 N–H and O–H groups in total. The molecule has 0 amide bonds. The van der Waals surface area contributed by atoms with Gasteiger partial charge in [0.1, 0.15) is 0 Å². The van der Waals surface area contributed by atoms with E-state index >= 15 is 0 Å². The molecule has 8 heteroatoms. The number of ether oxygens (including phenoxy) is 1. The van der Waals surface area contributed by atoms with Gasteiger partial charge in [-0.1, -0.05) is 36.4 Å². The van der Waals surface area contributed by atoms with Crippen molar-refractivity contribution in [1.29, 1.82) is 0 Å². The number of benzene rings is 10. The number of hydrogen-bond acceptors (Lipinski definition) is 4. The molecule has 3 aliphatic rings. The Kier molecular flexibility index (Phi) is 8.85. The predicted octanol–water partition coefficient (Wildman–Crippen LogP) is 18.1. The van der Waals surface area contributed by atoms with E-state index in [-0.39, 0.29) is 51.3 Å². The molecule has 0 unspecified atom stereocenters. The Morgan fingerprint density at radius 2 is 1.12 bits per heavy atom. The van der Waals surface area contributed by atoms with E-state index in [1.807, 2.05) is 146 Å². The van der Waals surface area contributed by atoms with Gasteiger partial charge >= 0.3 is 420 Å². The third-order valence-corrected chi connectivity index (χ3v) is 16.6. The van der Waals surface area contributed by atoms with Gasteiger partial charge in [-0.3, -0.25) is 0 Å². The fourth-order valence-corrected chi connectivity index (χ4v) is 13.3. The summed E-state index contributed by atoms with van der Waals surface area (Å²) in [6.07, 6.45) is -1.80. The first-order chi connectivity index (χ1) is 44.9. The number of nitrogens with zero attached hydrogens (tertiary/aromatic N) is 5. The number of imidazole rings is 1. The van der Waals surface area contributed by atoms with Crippen molar-refractivity contribution in [1.82, 2.24) is 14.1 Å². The summed E-state index contributed by atoms with van der Waals surface area (Å²) in [4.78, 5) is 9.48. The molecule has 10 aromatic carbocycles. The Morgan fingerprint density at radius 3 is 1.81 bits per heavy atom. The average Bonchev–Trinajstić information content (AvgIpc) is 1.36. The van der Waals surface area contributed by atoms with Gasteiger partial charge in [0.2, 0.25) is 0 Å². The zero-order valence-corrected chi connectivity index (χ0v) is 46.2. The predicted molar refractivity (Wildman–Crippen MR) is 332 cm³/mol. The average molecular weight is 1240 g/mol. The summed E-state index contributed by atoms with van der Waals surface area (Å²) in [6, 6.07) is 67.6. The van der Waals surface area contributed by atoms with E-state index in [2.05, 4.69) is 69.7 Å². The molecule has 12 aromatic rings. The Balaban J connectivity index is 0.966. The van der Waals surface area contributed by atoms with Crippen molar-refractivity contribution < 1.29 is 41.9 Å². The number of aryl methyl sites for hydroxylation is 1. The number of rotatable bonds is 10. The molecule has 0 saturated carbocycles. The van der Waals surface area contributed by atoms with E-state index in [0.29, 0.717) is 65.4 Å². The molecular formula is C73H56BN5OPt. The molecule has 0 saturated heterocycles. The van der Waals surface area contributed by atoms with E-state index in [1.54, 1.807) is 54.6 Å². The Hall–Kier alpha value is -9.03. The van der Waals surface area contributed by atoms with Crippen LogP contribution in [0.15, 0.2) is 230 Å². The van der Waals surface area contributed by atoms with Gasteiger partial charge in [0.15, 0.2) is 0 Å². The quantitative estimate of drug-likeness (QED) is 0.128. The Morgan fingerprint density at radius 1 is 0.531 bits per heavy atom. The van der Waals surface area contributed by atoms with Gasteiger partial charge in [0.25, 0.3) is 0 Å². The zero-order chi connectivity index (χ0) is 65.7. The summed E-state index contributed by atoms with van der Waals surface area (Å²) < 4.78 is 131. The van der Waals surface area contributed by atoms with Crippen LogP contribution in [0.4, 0.5) is 22.9 Å². The second kappa shape index (κ2) is 19.4. The summed E-state index contributed by atoms with van der Waals surface area (Å²) in [5.41, 5.74) is 11.9. The van der Waals surface area contributed by atoms with Gasteiger partial charge in [-0.15, -0.1) is 0 Å². The summed E-state index contributed by atoms with van der Waals surface area (Å²) in [6.45, 7) is -5.39. The number of hydrogen-bond donors (Lipinski definition) is 0. The molecule has 0 radical (unpaired) electrons. The normalized spacial score (nSPS) is 15.7. The molecule has 5 heterocycles. The van der Waals surface area contributed by atoms with Crippen LogP contribution < -0.4 is 19.8 Å². The first-order valence-electron chi connectivity index (χ1n) is 33.4. The van der Waals surface area contributed by atoms with Crippen LogP contribution in [0.1, 0.15) is 53.9 Å². The Bertz CT molecular complexity index is 5150. The van der Waals surface area contributed by atoms with Gasteiger partial charge < -0.3 is 0 Å².